The Labute approximate surface area is 163 Å². The summed E-state index contributed by atoms with van der Waals surface area (Å²) in [7, 11) is 0. The van der Waals surface area contributed by atoms with Gasteiger partial charge < -0.3 is 9.73 Å². The molecule has 1 N–H and O–H groups in total. The Morgan fingerprint density at radius 2 is 1.96 bits per heavy atom. The predicted octanol–water partition coefficient (Wildman–Crippen LogP) is 4.03. The first-order chi connectivity index (χ1) is 13.6. The van der Waals surface area contributed by atoms with Crippen molar-refractivity contribution >= 4 is 45.4 Å². The molecule has 2 aromatic carbocycles. The standard InChI is InChI=1S/C20H16FN3O3S/c1-2-24-19(26)18-17(12-7-3-6-10-15(12)27-18)23-20(24)28-11-16(25)22-14-9-5-4-8-13(14)21/h3-10H,2,11H2,1H3,(H,22,25). The highest BCUT2D eigenvalue weighted by Crippen LogP contribution is 2.27. The minimum absolute atomic E-state index is 0.0118. The van der Waals surface area contributed by atoms with Crippen LogP contribution in [0.3, 0.4) is 0 Å². The summed E-state index contributed by atoms with van der Waals surface area (Å²) >= 11 is 1.12. The van der Waals surface area contributed by atoms with Gasteiger partial charge in [0.15, 0.2) is 5.16 Å². The number of para-hydroxylation sites is 2. The number of thioether (sulfide) groups is 1. The summed E-state index contributed by atoms with van der Waals surface area (Å²) in [6.07, 6.45) is 0. The second-order valence-corrected chi connectivity index (χ2v) is 6.98. The van der Waals surface area contributed by atoms with Crippen molar-refractivity contribution < 1.29 is 13.6 Å². The van der Waals surface area contributed by atoms with E-state index in [4.69, 9.17) is 4.42 Å². The fraction of sp³-hybridized carbons (Fsp3) is 0.150. The quantitative estimate of drug-likeness (QED) is 0.406. The Bertz CT molecular complexity index is 1250. The molecular formula is C20H16FN3O3S. The maximum atomic E-state index is 13.7. The van der Waals surface area contributed by atoms with Gasteiger partial charge in [0.1, 0.15) is 16.9 Å². The maximum Gasteiger partial charge on any atom is 0.297 e. The minimum Gasteiger partial charge on any atom is -0.448 e. The van der Waals surface area contributed by atoms with Crippen LogP contribution >= 0.6 is 11.8 Å². The molecule has 28 heavy (non-hydrogen) atoms. The molecule has 0 spiro atoms. The zero-order valence-corrected chi connectivity index (χ0v) is 15.8. The number of anilines is 1. The number of hydrogen-bond donors (Lipinski definition) is 1. The number of furan rings is 1. The maximum absolute atomic E-state index is 13.7. The van der Waals surface area contributed by atoms with Crippen molar-refractivity contribution in [1.29, 1.82) is 0 Å². The van der Waals surface area contributed by atoms with Gasteiger partial charge in [-0.1, -0.05) is 36.0 Å². The van der Waals surface area contributed by atoms with Gasteiger partial charge >= 0.3 is 0 Å². The molecule has 0 aliphatic carbocycles. The van der Waals surface area contributed by atoms with E-state index in [1.54, 1.807) is 18.2 Å². The third kappa shape index (κ3) is 3.27. The Kier molecular flexibility index (Phi) is 4.87. The van der Waals surface area contributed by atoms with E-state index in [-0.39, 0.29) is 28.5 Å². The minimum atomic E-state index is -0.504. The lowest BCUT2D eigenvalue weighted by Gasteiger charge is -2.10. The summed E-state index contributed by atoms with van der Waals surface area (Å²) < 4.78 is 20.8. The van der Waals surface area contributed by atoms with Crippen LogP contribution in [0.15, 0.2) is 62.9 Å². The zero-order chi connectivity index (χ0) is 19.7. The molecule has 0 bridgehead atoms. The number of nitrogens with zero attached hydrogens (tertiary/aromatic N) is 2. The molecule has 142 valence electrons. The van der Waals surface area contributed by atoms with Crippen LogP contribution in [0, 0.1) is 5.82 Å². The number of nitrogens with one attached hydrogen (secondary N) is 1. The molecule has 0 saturated heterocycles. The SMILES string of the molecule is CCn1c(SCC(=O)Nc2ccccc2F)nc2c(oc3ccccc32)c1=O. The van der Waals surface area contributed by atoms with E-state index in [0.717, 1.165) is 17.1 Å². The molecule has 0 aliphatic rings. The van der Waals surface area contributed by atoms with Gasteiger partial charge in [-0.15, -0.1) is 0 Å². The lowest BCUT2D eigenvalue weighted by Crippen LogP contribution is -2.23. The number of rotatable bonds is 5. The van der Waals surface area contributed by atoms with Crippen LogP contribution in [0.5, 0.6) is 0 Å². The average Bonchev–Trinajstić information content (AvgIpc) is 3.07. The van der Waals surface area contributed by atoms with E-state index in [1.807, 2.05) is 25.1 Å². The summed E-state index contributed by atoms with van der Waals surface area (Å²) in [5.41, 5.74) is 1.08. The lowest BCUT2D eigenvalue weighted by atomic mass is 10.2. The van der Waals surface area contributed by atoms with Crippen molar-refractivity contribution in [2.45, 2.75) is 18.6 Å². The van der Waals surface area contributed by atoms with Crippen molar-refractivity contribution in [1.82, 2.24) is 9.55 Å². The number of carbonyl (C=O) groups excluding carboxylic acids is 1. The van der Waals surface area contributed by atoms with Crippen LogP contribution < -0.4 is 10.9 Å². The summed E-state index contributed by atoms with van der Waals surface area (Å²) in [4.78, 5) is 29.6. The van der Waals surface area contributed by atoms with Gasteiger partial charge in [0.05, 0.1) is 11.4 Å². The van der Waals surface area contributed by atoms with E-state index >= 15 is 0 Å². The Hall–Kier alpha value is -3.13. The van der Waals surface area contributed by atoms with E-state index in [9.17, 15) is 14.0 Å². The third-order valence-electron chi connectivity index (χ3n) is 4.24. The molecular weight excluding hydrogens is 381 g/mol. The Morgan fingerprint density at radius 1 is 1.21 bits per heavy atom. The van der Waals surface area contributed by atoms with Gasteiger partial charge in [-0.25, -0.2) is 9.37 Å². The molecule has 4 aromatic rings. The highest BCUT2D eigenvalue weighted by molar-refractivity contribution is 7.99. The lowest BCUT2D eigenvalue weighted by molar-refractivity contribution is -0.113. The fourth-order valence-corrected chi connectivity index (χ4v) is 3.78. The normalized spacial score (nSPS) is 11.2. The molecule has 0 unspecified atom stereocenters. The third-order valence-corrected chi connectivity index (χ3v) is 5.22. The van der Waals surface area contributed by atoms with Gasteiger partial charge in [0, 0.05) is 11.9 Å². The summed E-state index contributed by atoms with van der Waals surface area (Å²) in [6, 6.07) is 13.2. The monoisotopic (exact) mass is 397 g/mol. The molecule has 0 atom stereocenters. The van der Waals surface area contributed by atoms with Gasteiger partial charge in [0.25, 0.3) is 5.56 Å². The topological polar surface area (TPSA) is 77.1 Å². The van der Waals surface area contributed by atoms with Crippen molar-refractivity contribution in [3.63, 3.8) is 0 Å². The van der Waals surface area contributed by atoms with Crippen LogP contribution in [-0.2, 0) is 11.3 Å². The van der Waals surface area contributed by atoms with Crippen LogP contribution in [0.25, 0.3) is 22.1 Å². The Morgan fingerprint density at radius 3 is 2.75 bits per heavy atom. The second kappa shape index (κ2) is 7.47. The van der Waals surface area contributed by atoms with Gasteiger partial charge in [0.2, 0.25) is 11.5 Å². The zero-order valence-electron chi connectivity index (χ0n) is 14.9. The van der Waals surface area contributed by atoms with Gasteiger partial charge in [-0.05, 0) is 31.2 Å². The first kappa shape index (κ1) is 18.2. The molecule has 6 nitrogen and oxygen atoms in total. The fourth-order valence-electron chi connectivity index (χ4n) is 2.92. The Balaban J connectivity index is 1.64. The van der Waals surface area contributed by atoms with E-state index in [2.05, 4.69) is 10.3 Å². The number of amides is 1. The number of halogens is 1. The van der Waals surface area contributed by atoms with Crippen molar-refractivity contribution in [2.24, 2.45) is 0 Å². The molecule has 2 aromatic heterocycles. The van der Waals surface area contributed by atoms with Gasteiger partial charge in [-0.2, -0.15) is 0 Å². The highest BCUT2D eigenvalue weighted by atomic mass is 32.2. The number of benzene rings is 2. The molecule has 0 radical (unpaired) electrons. The largest absolute Gasteiger partial charge is 0.448 e. The number of aromatic nitrogens is 2. The summed E-state index contributed by atoms with van der Waals surface area (Å²) in [5.74, 6) is -0.901. The predicted molar refractivity (Wildman–Crippen MR) is 107 cm³/mol. The smallest absolute Gasteiger partial charge is 0.297 e. The average molecular weight is 397 g/mol. The van der Waals surface area contributed by atoms with Crippen molar-refractivity contribution in [2.75, 3.05) is 11.1 Å². The molecule has 2 heterocycles. The van der Waals surface area contributed by atoms with Gasteiger partial charge in [-0.3, -0.25) is 14.2 Å². The van der Waals surface area contributed by atoms with Crippen LogP contribution in [0.1, 0.15) is 6.92 Å². The van der Waals surface area contributed by atoms with E-state index in [1.165, 1.54) is 16.7 Å². The molecule has 4 rings (SSSR count). The molecule has 0 aliphatic heterocycles. The van der Waals surface area contributed by atoms with Crippen molar-refractivity contribution in [3.8, 4) is 0 Å². The molecule has 1 amide bonds. The van der Waals surface area contributed by atoms with E-state index in [0.29, 0.717) is 22.8 Å². The van der Waals surface area contributed by atoms with Crippen LogP contribution in [0.2, 0.25) is 0 Å². The first-order valence-electron chi connectivity index (χ1n) is 8.67. The number of carbonyl (C=O) groups is 1. The van der Waals surface area contributed by atoms with Crippen LogP contribution in [0.4, 0.5) is 10.1 Å². The highest BCUT2D eigenvalue weighted by Gasteiger charge is 2.18. The molecule has 8 heteroatoms. The second-order valence-electron chi connectivity index (χ2n) is 6.04. The van der Waals surface area contributed by atoms with E-state index < -0.39 is 5.82 Å². The van der Waals surface area contributed by atoms with Crippen molar-refractivity contribution in [3.05, 3.63) is 64.7 Å². The number of fused-ring (bicyclic) bond motifs is 3. The molecule has 0 saturated carbocycles. The van der Waals surface area contributed by atoms with Crippen LogP contribution in [-0.4, -0.2) is 21.2 Å². The summed E-state index contributed by atoms with van der Waals surface area (Å²) in [6.45, 7) is 2.21. The number of hydrogen-bond acceptors (Lipinski definition) is 5. The first-order valence-corrected chi connectivity index (χ1v) is 9.66. The summed E-state index contributed by atoms with van der Waals surface area (Å²) in [5, 5.41) is 3.68. The molecule has 0 fully saturated rings.